The van der Waals surface area contributed by atoms with Gasteiger partial charge >= 0.3 is 0 Å². The van der Waals surface area contributed by atoms with Crippen molar-refractivity contribution in [2.75, 3.05) is 18.6 Å². The Morgan fingerprint density at radius 2 is 1.97 bits per heavy atom. The standard InChI is InChI=1S/C21H25N5O3S/c1-15-20(16(2)26(23-15)19-8-11-30(28,29)13-19)12-24(3)21(27)17-4-6-18(7-5-17)25-10-9-22-14-25/h4-7,9-10,14,19H,8,11-13H2,1-3H3. The summed E-state index contributed by atoms with van der Waals surface area (Å²) in [6.45, 7) is 4.26. The Kier molecular flexibility index (Phi) is 5.23. The number of aryl methyl sites for hydroxylation is 1. The first-order valence-corrected chi connectivity index (χ1v) is 11.7. The molecule has 0 aliphatic carbocycles. The van der Waals surface area contributed by atoms with Crippen molar-refractivity contribution < 1.29 is 13.2 Å². The number of carbonyl (C=O) groups is 1. The highest BCUT2D eigenvalue weighted by Crippen LogP contribution is 2.27. The first-order chi connectivity index (χ1) is 14.2. The lowest BCUT2D eigenvalue weighted by atomic mass is 10.1. The summed E-state index contributed by atoms with van der Waals surface area (Å²) < 4.78 is 27.4. The molecule has 0 spiro atoms. The molecule has 0 saturated carbocycles. The van der Waals surface area contributed by atoms with Crippen LogP contribution >= 0.6 is 0 Å². The van der Waals surface area contributed by atoms with Gasteiger partial charge in [-0.15, -0.1) is 0 Å². The molecule has 30 heavy (non-hydrogen) atoms. The zero-order valence-electron chi connectivity index (χ0n) is 17.3. The molecule has 1 unspecified atom stereocenters. The minimum absolute atomic E-state index is 0.0813. The largest absolute Gasteiger partial charge is 0.337 e. The molecule has 0 bridgehead atoms. The van der Waals surface area contributed by atoms with Gasteiger partial charge in [-0.3, -0.25) is 9.48 Å². The molecule has 2 aromatic heterocycles. The molecule has 9 heteroatoms. The average Bonchev–Trinajstić information content (AvgIpc) is 3.43. The van der Waals surface area contributed by atoms with Gasteiger partial charge in [0.15, 0.2) is 9.84 Å². The van der Waals surface area contributed by atoms with Crippen LogP contribution < -0.4 is 0 Å². The van der Waals surface area contributed by atoms with E-state index in [1.165, 1.54) is 0 Å². The molecule has 1 amide bonds. The van der Waals surface area contributed by atoms with Gasteiger partial charge in [0.1, 0.15) is 0 Å². The Bertz CT molecular complexity index is 1160. The highest BCUT2D eigenvalue weighted by Gasteiger charge is 2.31. The second-order valence-corrected chi connectivity index (χ2v) is 10.1. The zero-order chi connectivity index (χ0) is 21.5. The van der Waals surface area contributed by atoms with E-state index in [9.17, 15) is 13.2 Å². The molecule has 1 fully saturated rings. The van der Waals surface area contributed by atoms with Gasteiger partial charge in [0, 0.05) is 48.5 Å². The van der Waals surface area contributed by atoms with Crippen LogP contribution in [0.15, 0.2) is 43.0 Å². The van der Waals surface area contributed by atoms with Crippen LogP contribution in [0.2, 0.25) is 0 Å². The Labute approximate surface area is 176 Å². The molecular formula is C21H25N5O3S. The van der Waals surface area contributed by atoms with Crippen molar-refractivity contribution in [1.29, 1.82) is 0 Å². The Hall–Kier alpha value is -2.94. The number of imidazole rings is 1. The van der Waals surface area contributed by atoms with Crippen molar-refractivity contribution >= 4 is 15.7 Å². The maximum absolute atomic E-state index is 12.9. The molecule has 158 valence electrons. The molecular weight excluding hydrogens is 402 g/mol. The number of sulfone groups is 1. The number of rotatable bonds is 5. The van der Waals surface area contributed by atoms with E-state index in [-0.39, 0.29) is 23.5 Å². The topological polar surface area (TPSA) is 90.1 Å². The van der Waals surface area contributed by atoms with Crippen LogP contribution in [0.5, 0.6) is 0 Å². The van der Waals surface area contributed by atoms with Crippen molar-refractivity contribution in [3.63, 3.8) is 0 Å². The van der Waals surface area contributed by atoms with Gasteiger partial charge in [0.05, 0.1) is 29.6 Å². The van der Waals surface area contributed by atoms with E-state index in [1.807, 2.05) is 41.4 Å². The third kappa shape index (κ3) is 3.89. The first-order valence-electron chi connectivity index (χ1n) is 9.84. The van der Waals surface area contributed by atoms with Gasteiger partial charge in [0.2, 0.25) is 0 Å². The van der Waals surface area contributed by atoms with Crippen LogP contribution in [-0.4, -0.2) is 57.1 Å². The lowest BCUT2D eigenvalue weighted by molar-refractivity contribution is 0.0784. The summed E-state index contributed by atoms with van der Waals surface area (Å²) in [6, 6.07) is 7.26. The highest BCUT2D eigenvalue weighted by molar-refractivity contribution is 7.91. The number of hydrogen-bond acceptors (Lipinski definition) is 5. The highest BCUT2D eigenvalue weighted by atomic mass is 32.2. The van der Waals surface area contributed by atoms with Crippen molar-refractivity contribution in [1.82, 2.24) is 24.2 Å². The van der Waals surface area contributed by atoms with Crippen molar-refractivity contribution in [2.45, 2.75) is 32.9 Å². The fraction of sp³-hybridized carbons (Fsp3) is 0.381. The number of hydrogen-bond donors (Lipinski definition) is 0. The molecule has 1 aliphatic heterocycles. The molecule has 0 N–H and O–H groups in total. The third-order valence-corrected chi connectivity index (χ3v) is 7.44. The third-order valence-electron chi connectivity index (χ3n) is 5.69. The van der Waals surface area contributed by atoms with Crippen LogP contribution in [0.4, 0.5) is 0 Å². The number of aromatic nitrogens is 4. The second kappa shape index (κ2) is 7.71. The first kappa shape index (κ1) is 20.3. The summed E-state index contributed by atoms with van der Waals surface area (Å²) in [5.74, 6) is 0.257. The summed E-state index contributed by atoms with van der Waals surface area (Å²) in [5.41, 5.74) is 4.25. The summed E-state index contributed by atoms with van der Waals surface area (Å²) >= 11 is 0. The average molecular weight is 428 g/mol. The van der Waals surface area contributed by atoms with Gasteiger partial charge in [-0.05, 0) is 44.5 Å². The lowest BCUT2D eigenvalue weighted by Crippen LogP contribution is -2.26. The smallest absolute Gasteiger partial charge is 0.253 e. The van der Waals surface area contributed by atoms with Crippen LogP contribution in [0.25, 0.3) is 5.69 Å². The number of amides is 1. The second-order valence-electron chi connectivity index (χ2n) is 7.83. The molecule has 8 nitrogen and oxygen atoms in total. The minimum Gasteiger partial charge on any atom is -0.337 e. The molecule has 3 heterocycles. The van der Waals surface area contributed by atoms with E-state index in [2.05, 4.69) is 10.1 Å². The Balaban J connectivity index is 1.50. The van der Waals surface area contributed by atoms with Gasteiger partial charge in [-0.25, -0.2) is 13.4 Å². The number of nitrogens with zero attached hydrogens (tertiary/aromatic N) is 5. The molecule has 1 aliphatic rings. The van der Waals surface area contributed by atoms with Gasteiger partial charge in [0.25, 0.3) is 5.91 Å². The molecule has 1 aromatic carbocycles. The van der Waals surface area contributed by atoms with Crippen LogP contribution in [0.1, 0.15) is 39.8 Å². The molecule has 4 rings (SSSR count). The van der Waals surface area contributed by atoms with E-state index in [4.69, 9.17) is 0 Å². The van der Waals surface area contributed by atoms with Gasteiger partial charge < -0.3 is 9.47 Å². The number of benzene rings is 1. The van der Waals surface area contributed by atoms with Crippen molar-refractivity contribution in [3.05, 3.63) is 65.5 Å². The van der Waals surface area contributed by atoms with Crippen molar-refractivity contribution in [2.24, 2.45) is 0 Å². The van der Waals surface area contributed by atoms with E-state index in [0.717, 1.165) is 22.6 Å². The van der Waals surface area contributed by atoms with Crippen molar-refractivity contribution in [3.8, 4) is 5.69 Å². The monoisotopic (exact) mass is 427 g/mol. The van der Waals surface area contributed by atoms with Gasteiger partial charge in [-0.1, -0.05) is 0 Å². The Morgan fingerprint density at radius 1 is 1.23 bits per heavy atom. The van der Waals surface area contributed by atoms with Crippen LogP contribution in [0.3, 0.4) is 0 Å². The van der Waals surface area contributed by atoms with Crippen LogP contribution in [-0.2, 0) is 16.4 Å². The van der Waals surface area contributed by atoms with E-state index >= 15 is 0 Å². The summed E-state index contributed by atoms with van der Waals surface area (Å²) in [7, 11) is -1.22. The van der Waals surface area contributed by atoms with E-state index in [1.54, 1.807) is 36.6 Å². The Morgan fingerprint density at radius 3 is 2.57 bits per heavy atom. The summed E-state index contributed by atoms with van der Waals surface area (Å²) in [5, 5.41) is 4.59. The quantitative estimate of drug-likeness (QED) is 0.623. The lowest BCUT2D eigenvalue weighted by Gasteiger charge is -2.18. The normalized spacial score (nSPS) is 17.9. The molecule has 1 saturated heterocycles. The predicted octanol–water partition coefficient (Wildman–Crippen LogP) is 2.32. The summed E-state index contributed by atoms with van der Waals surface area (Å²) in [4.78, 5) is 18.6. The SMILES string of the molecule is Cc1nn(C2CCS(=O)(=O)C2)c(C)c1CN(C)C(=O)c1ccc(-n2ccnc2)cc1. The maximum atomic E-state index is 12.9. The number of carbonyl (C=O) groups excluding carboxylic acids is 1. The van der Waals surface area contributed by atoms with Crippen LogP contribution in [0, 0.1) is 13.8 Å². The fourth-order valence-electron chi connectivity index (χ4n) is 3.97. The van der Waals surface area contributed by atoms with E-state index < -0.39 is 9.84 Å². The molecule has 3 aromatic rings. The molecule has 1 atom stereocenters. The predicted molar refractivity (Wildman–Crippen MR) is 113 cm³/mol. The molecule has 0 radical (unpaired) electrons. The zero-order valence-corrected chi connectivity index (χ0v) is 18.1. The van der Waals surface area contributed by atoms with E-state index in [0.29, 0.717) is 18.5 Å². The fourth-order valence-corrected chi connectivity index (χ4v) is 5.66. The minimum atomic E-state index is -2.99. The van der Waals surface area contributed by atoms with Gasteiger partial charge in [-0.2, -0.15) is 5.10 Å². The maximum Gasteiger partial charge on any atom is 0.253 e. The summed E-state index contributed by atoms with van der Waals surface area (Å²) in [6.07, 6.45) is 5.85.